The fourth-order valence-electron chi connectivity index (χ4n) is 3.15. The second-order valence-corrected chi connectivity index (χ2v) is 6.77. The second kappa shape index (κ2) is 4.07. The zero-order valence-electron chi connectivity index (χ0n) is 12.1. The van der Waals surface area contributed by atoms with Crippen molar-refractivity contribution in [3.63, 3.8) is 0 Å². The van der Waals surface area contributed by atoms with E-state index in [-0.39, 0.29) is 24.2 Å². The fourth-order valence-corrected chi connectivity index (χ4v) is 3.15. The van der Waals surface area contributed by atoms with Crippen molar-refractivity contribution < 1.29 is 14.3 Å². The number of carbonyl (C=O) groups excluding carboxylic acids is 1. The molecule has 2 bridgehead atoms. The third-order valence-corrected chi connectivity index (χ3v) is 4.19. The monoisotopic (exact) mass is 269 g/mol. The van der Waals surface area contributed by atoms with Crippen LogP contribution in [0.25, 0.3) is 0 Å². The molecule has 4 rings (SSSR count). The number of likely N-dealkylation sites (tertiary alicyclic amines) is 1. The molecule has 108 valence electrons. The highest BCUT2D eigenvalue weighted by Gasteiger charge is 2.61. The summed E-state index contributed by atoms with van der Waals surface area (Å²) >= 11 is 0. The van der Waals surface area contributed by atoms with E-state index < -0.39 is 5.60 Å². The van der Waals surface area contributed by atoms with Crippen LogP contribution < -0.4 is 5.32 Å². The predicted molar refractivity (Wildman–Crippen MR) is 69.3 cm³/mol. The molecule has 0 aromatic carbocycles. The van der Waals surface area contributed by atoms with Crippen LogP contribution in [0.3, 0.4) is 0 Å². The fraction of sp³-hybridized carbons (Fsp3) is 0.923. The van der Waals surface area contributed by atoms with E-state index in [0.717, 1.165) is 25.9 Å². The number of hydrogen-bond donors (Lipinski definition) is 1. The third kappa shape index (κ3) is 2.11. The molecule has 2 atom stereocenters. The van der Waals surface area contributed by atoms with E-state index in [4.69, 9.17) is 9.47 Å². The largest absolute Gasteiger partial charge is 0.444 e. The number of hydrogen-bond acceptors (Lipinski definition) is 5. The van der Waals surface area contributed by atoms with Gasteiger partial charge in [0.05, 0.1) is 5.54 Å². The molecule has 6 nitrogen and oxygen atoms in total. The maximum atomic E-state index is 12.0. The van der Waals surface area contributed by atoms with Crippen LogP contribution in [0, 0.1) is 0 Å². The maximum absolute atomic E-state index is 12.0. The number of piperidine rings is 1. The molecule has 4 aliphatic heterocycles. The second-order valence-electron chi connectivity index (χ2n) is 6.77. The molecule has 1 N–H and O–H groups in total. The van der Waals surface area contributed by atoms with Crippen LogP contribution in [0.4, 0.5) is 4.79 Å². The van der Waals surface area contributed by atoms with Crippen LogP contribution in [0.5, 0.6) is 0 Å². The highest BCUT2D eigenvalue weighted by Crippen LogP contribution is 2.42. The predicted octanol–water partition coefficient (Wildman–Crippen LogP) is 0.931. The van der Waals surface area contributed by atoms with Gasteiger partial charge in [0, 0.05) is 13.1 Å². The lowest BCUT2D eigenvalue weighted by molar-refractivity contribution is -0.238. The Kier molecular flexibility index (Phi) is 2.82. The first-order valence-corrected chi connectivity index (χ1v) is 6.94. The third-order valence-electron chi connectivity index (χ3n) is 4.19. The van der Waals surface area contributed by atoms with Crippen molar-refractivity contribution in [2.75, 3.05) is 20.1 Å². The van der Waals surface area contributed by atoms with Crippen molar-refractivity contribution >= 4 is 6.09 Å². The molecule has 6 heteroatoms. The lowest BCUT2D eigenvalue weighted by Crippen LogP contribution is -2.58. The SMILES string of the molecule is CN1C2NC3(CCN(C(=O)OC(C)(C)C)CC3)C1O2. The van der Waals surface area contributed by atoms with Gasteiger partial charge in [-0.1, -0.05) is 0 Å². The zero-order valence-corrected chi connectivity index (χ0v) is 12.1. The first-order chi connectivity index (χ1) is 8.81. The lowest BCUT2D eigenvalue weighted by Gasteiger charge is -2.43. The van der Waals surface area contributed by atoms with Crippen molar-refractivity contribution in [1.82, 2.24) is 15.1 Å². The van der Waals surface area contributed by atoms with E-state index >= 15 is 0 Å². The molecule has 0 radical (unpaired) electrons. The molecule has 0 saturated carbocycles. The van der Waals surface area contributed by atoms with Gasteiger partial charge < -0.3 is 14.4 Å². The van der Waals surface area contributed by atoms with E-state index in [1.54, 1.807) is 4.90 Å². The van der Waals surface area contributed by atoms with E-state index in [0.29, 0.717) is 0 Å². The Morgan fingerprint density at radius 2 is 2.00 bits per heavy atom. The Hall–Kier alpha value is -0.850. The van der Waals surface area contributed by atoms with Gasteiger partial charge in [-0.2, -0.15) is 0 Å². The normalized spacial score (nSPS) is 33.4. The summed E-state index contributed by atoms with van der Waals surface area (Å²) in [7, 11) is 2.07. The summed E-state index contributed by atoms with van der Waals surface area (Å²) in [6.45, 7) is 7.13. The van der Waals surface area contributed by atoms with Crippen LogP contribution in [-0.4, -0.2) is 59.7 Å². The summed E-state index contributed by atoms with van der Waals surface area (Å²) in [6, 6.07) is 0. The summed E-state index contributed by atoms with van der Waals surface area (Å²) in [5, 5.41) is 3.53. The standard InChI is InChI=1S/C13H23N3O3/c1-12(2,3)19-11(17)16-7-5-13(6-8-16)9-15(4)10(14-13)18-9/h9-10,14H,5-8H2,1-4H3. The number of likely N-dealkylation sites (N-methyl/N-ethyl adjacent to an activating group) is 1. The molecule has 4 heterocycles. The van der Waals surface area contributed by atoms with Gasteiger partial charge in [-0.15, -0.1) is 0 Å². The molecule has 0 aliphatic carbocycles. The average molecular weight is 269 g/mol. The summed E-state index contributed by atoms with van der Waals surface area (Å²) in [6.07, 6.45) is 1.86. The minimum absolute atomic E-state index is 0.0257. The average Bonchev–Trinajstić information content (AvgIpc) is 2.79. The Morgan fingerprint density at radius 1 is 1.37 bits per heavy atom. The van der Waals surface area contributed by atoms with E-state index in [9.17, 15) is 4.79 Å². The number of nitrogens with zero attached hydrogens (tertiary/aromatic N) is 2. The summed E-state index contributed by atoms with van der Waals surface area (Å²) in [4.78, 5) is 16.0. The number of rotatable bonds is 0. The first kappa shape index (κ1) is 13.1. The van der Waals surface area contributed by atoms with Gasteiger partial charge in [0.15, 0.2) is 6.35 Å². The number of nitrogens with one attached hydrogen (secondary N) is 1. The number of amides is 1. The molecule has 0 aromatic rings. The molecule has 19 heavy (non-hydrogen) atoms. The van der Waals surface area contributed by atoms with Crippen LogP contribution in [0.2, 0.25) is 0 Å². The van der Waals surface area contributed by atoms with E-state index in [1.807, 2.05) is 20.8 Å². The van der Waals surface area contributed by atoms with Gasteiger partial charge in [-0.3, -0.25) is 5.32 Å². The molecule has 1 spiro atoms. The molecule has 4 aliphatic rings. The zero-order chi connectivity index (χ0) is 13.8. The van der Waals surface area contributed by atoms with Gasteiger partial charge in [-0.05, 0) is 40.7 Å². The van der Waals surface area contributed by atoms with Crippen molar-refractivity contribution in [3.05, 3.63) is 0 Å². The minimum atomic E-state index is -0.428. The molecule has 0 aromatic heterocycles. The van der Waals surface area contributed by atoms with Crippen molar-refractivity contribution in [3.8, 4) is 0 Å². The summed E-state index contributed by atoms with van der Waals surface area (Å²) in [5.41, 5.74) is -0.402. The van der Waals surface area contributed by atoms with Gasteiger partial charge in [0.1, 0.15) is 11.8 Å². The Morgan fingerprint density at radius 3 is 2.42 bits per heavy atom. The molecule has 1 amide bonds. The minimum Gasteiger partial charge on any atom is -0.444 e. The molecule has 2 unspecified atom stereocenters. The highest BCUT2D eigenvalue weighted by molar-refractivity contribution is 5.68. The van der Waals surface area contributed by atoms with Crippen molar-refractivity contribution in [2.45, 2.75) is 57.3 Å². The van der Waals surface area contributed by atoms with Gasteiger partial charge in [0.2, 0.25) is 0 Å². The Balaban J connectivity index is 1.57. The molecule has 4 fully saturated rings. The molecular weight excluding hydrogens is 246 g/mol. The van der Waals surface area contributed by atoms with Gasteiger partial charge in [-0.25, -0.2) is 9.69 Å². The van der Waals surface area contributed by atoms with Gasteiger partial charge >= 0.3 is 6.09 Å². The Labute approximate surface area is 114 Å². The van der Waals surface area contributed by atoms with Gasteiger partial charge in [0.25, 0.3) is 0 Å². The quantitative estimate of drug-likeness (QED) is 0.709. The van der Waals surface area contributed by atoms with E-state index in [1.165, 1.54) is 0 Å². The summed E-state index contributed by atoms with van der Waals surface area (Å²) < 4.78 is 11.1. The van der Waals surface area contributed by atoms with Crippen molar-refractivity contribution in [2.24, 2.45) is 0 Å². The van der Waals surface area contributed by atoms with Crippen LogP contribution in [-0.2, 0) is 9.47 Å². The lowest BCUT2D eigenvalue weighted by atomic mass is 9.87. The van der Waals surface area contributed by atoms with E-state index in [2.05, 4.69) is 17.3 Å². The number of ether oxygens (including phenoxy) is 2. The topological polar surface area (TPSA) is 54.0 Å². The highest BCUT2D eigenvalue weighted by atomic mass is 16.6. The van der Waals surface area contributed by atoms with Crippen LogP contribution >= 0.6 is 0 Å². The first-order valence-electron chi connectivity index (χ1n) is 6.94. The van der Waals surface area contributed by atoms with Crippen LogP contribution in [0.15, 0.2) is 0 Å². The summed E-state index contributed by atoms with van der Waals surface area (Å²) in [5.74, 6) is 0. The number of carbonyl (C=O) groups is 1. The molecular formula is C13H23N3O3. The van der Waals surface area contributed by atoms with Crippen LogP contribution in [0.1, 0.15) is 33.6 Å². The Bertz CT molecular complexity index is 385. The maximum Gasteiger partial charge on any atom is 0.410 e. The van der Waals surface area contributed by atoms with Crippen molar-refractivity contribution in [1.29, 1.82) is 0 Å². The smallest absolute Gasteiger partial charge is 0.410 e. The molecule has 4 saturated heterocycles.